The van der Waals surface area contributed by atoms with Gasteiger partial charge in [0.2, 0.25) is 0 Å². The number of benzene rings is 2. The maximum Gasteiger partial charge on any atom is 0.277 e. The minimum Gasteiger partial charge on any atom is -0.496 e. The first-order chi connectivity index (χ1) is 16.0. The van der Waals surface area contributed by atoms with E-state index in [9.17, 15) is 9.59 Å². The molecule has 174 valence electrons. The van der Waals surface area contributed by atoms with Gasteiger partial charge >= 0.3 is 0 Å². The fourth-order valence-corrected chi connectivity index (χ4v) is 4.54. The van der Waals surface area contributed by atoms with Gasteiger partial charge in [0.05, 0.1) is 25.5 Å². The SMILES string of the molecule is COc1ccccc1C1=C(N2CCN(c3ccccc3OC)CC2)C(=O)N(CC(C)C)C1=O. The number of hydrogen-bond donors (Lipinski definition) is 0. The van der Waals surface area contributed by atoms with Crippen molar-refractivity contribution in [2.45, 2.75) is 13.8 Å². The normalized spacial score (nSPS) is 16.8. The highest BCUT2D eigenvalue weighted by Gasteiger charge is 2.43. The van der Waals surface area contributed by atoms with E-state index >= 15 is 0 Å². The molecule has 33 heavy (non-hydrogen) atoms. The lowest BCUT2D eigenvalue weighted by Gasteiger charge is -2.38. The van der Waals surface area contributed by atoms with Crippen molar-refractivity contribution >= 4 is 23.1 Å². The van der Waals surface area contributed by atoms with Crippen LogP contribution in [0.2, 0.25) is 0 Å². The summed E-state index contributed by atoms with van der Waals surface area (Å²) in [5, 5.41) is 0. The Bertz CT molecular complexity index is 1070. The average Bonchev–Trinajstić information content (AvgIpc) is 3.08. The van der Waals surface area contributed by atoms with E-state index in [4.69, 9.17) is 9.47 Å². The van der Waals surface area contributed by atoms with Gasteiger partial charge in [-0.15, -0.1) is 0 Å². The Morgan fingerprint density at radius 3 is 2.00 bits per heavy atom. The summed E-state index contributed by atoms with van der Waals surface area (Å²) in [4.78, 5) is 32.7. The van der Waals surface area contributed by atoms with E-state index < -0.39 is 0 Å². The molecule has 0 aromatic heterocycles. The molecule has 7 nitrogen and oxygen atoms in total. The van der Waals surface area contributed by atoms with Crippen LogP contribution in [0.1, 0.15) is 19.4 Å². The van der Waals surface area contributed by atoms with Gasteiger partial charge in [0, 0.05) is 38.3 Å². The summed E-state index contributed by atoms with van der Waals surface area (Å²) in [6.45, 7) is 7.09. The molecule has 0 saturated carbocycles. The van der Waals surface area contributed by atoms with Crippen LogP contribution in [-0.4, -0.2) is 68.6 Å². The van der Waals surface area contributed by atoms with Gasteiger partial charge in [-0.05, 0) is 24.1 Å². The zero-order valence-electron chi connectivity index (χ0n) is 19.7. The highest BCUT2D eigenvalue weighted by atomic mass is 16.5. The van der Waals surface area contributed by atoms with E-state index in [1.165, 1.54) is 4.90 Å². The number of carbonyl (C=O) groups is 2. The van der Waals surface area contributed by atoms with E-state index in [0.29, 0.717) is 55.3 Å². The van der Waals surface area contributed by atoms with Crippen LogP contribution in [0.4, 0.5) is 5.69 Å². The van der Waals surface area contributed by atoms with Gasteiger partial charge in [-0.25, -0.2) is 0 Å². The summed E-state index contributed by atoms with van der Waals surface area (Å²) in [6, 6.07) is 15.3. The molecule has 0 N–H and O–H groups in total. The Morgan fingerprint density at radius 1 is 0.788 bits per heavy atom. The molecule has 0 aliphatic carbocycles. The number of amides is 2. The molecule has 2 aromatic carbocycles. The van der Waals surface area contributed by atoms with Crippen LogP contribution in [0, 0.1) is 5.92 Å². The number of nitrogens with zero attached hydrogens (tertiary/aromatic N) is 3. The lowest BCUT2D eigenvalue weighted by molar-refractivity contribution is -0.138. The van der Waals surface area contributed by atoms with E-state index in [2.05, 4.69) is 4.90 Å². The maximum atomic E-state index is 13.5. The molecule has 2 heterocycles. The summed E-state index contributed by atoms with van der Waals surface area (Å²) in [5.41, 5.74) is 2.61. The highest BCUT2D eigenvalue weighted by molar-refractivity contribution is 6.36. The first kappa shape index (κ1) is 22.7. The second-order valence-electron chi connectivity index (χ2n) is 8.68. The molecule has 4 rings (SSSR count). The van der Waals surface area contributed by atoms with Crippen molar-refractivity contribution < 1.29 is 19.1 Å². The molecule has 1 fully saturated rings. The molecule has 2 aromatic rings. The van der Waals surface area contributed by atoms with Crippen LogP contribution >= 0.6 is 0 Å². The van der Waals surface area contributed by atoms with Crippen molar-refractivity contribution in [3.63, 3.8) is 0 Å². The Labute approximate surface area is 195 Å². The second-order valence-corrected chi connectivity index (χ2v) is 8.68. The minimum absolute atomic E-state index is 0.179. The van der Waals surface area contributed by atoms with Crippen molar-refractivity contribution in [3.05, 3.63) is 59.8 Å². The van der Waals surface area contributed by atoms with E-state index in [0.717, 1.165) is 11.4 Å². The molecule has 1 saturated heterocycles. The van der Waals surface area contributed by atoms with Gasteiger partial charge in [0.1, 0.15) is 17.2 Å². The zero-order chi connectivity index (χ0) is 23.5. The molecule has 2 aliphatic heterocycles. The molecule has 0 spiro atoms. The molecular formula is C26H31N3O4. The molecule has 0 unspecified atom stereocenters. The largest absolute Gasteiger partial charge is 0.496 e. The summed E-state index contributed by atoms with van der Waals surface area (Å²) < 4.78 is 11.1. The van der Waals surface area contributed by atoms with Crippen LogP contribution in [0.3, 0.4) is 0 Å². The number of hydrogen-bond acceptors (Lipinski definition) is 6. The molecule has 2 aliphatic rings. The molecule has 2 amide bonds. The Kier molecular flexibility index (Phi) is 6.58. The number of imide groups is 1. The lowest BCUT2D eigenvalue weighted by Crippen LogP contribution is -2.48. The van der Waals surface area contributed by atoms with Crippen molar-refractivity contribution in [1.29, 1.82) is 0 Å². The third kappa shape index (κ3) is 4.27. The molecule has 7 heteroatoms. The smallest absolute Gasteiger partial charge is 0.277 e. The summed E-state index contributed by atoms with van der Waals surface area (Å²) >= 11 is 0. The van der Waals surface area contributed by atoms with Crippen LogP contribution in [0.25, 0.3) is 5.57 Å². The number of anilines is 1. The predicted octanol–water partition coefficient (Wildman–Crippen LogP) is 3.26. The number of para-hydroxylation sites is 3. The van der Waals surface area contributed by atoms with E-state index in [1.807, 2.05) is 67.3 Å². The van der Waals surface area contributed by atoms with Crippen molar-refractivity contribution in [1.82, 2.24) is 9.80 Å². The number of rotatable bonds is 7. The topological polar surface area (TPSA) is 62.3 Å². The highest BCUT2D eigenvalue weighted by Crippen LogP contribution is 2.37. The first-order valence-corrected chi connectivity index (χ1v) is 11.3. The Balaban J connectivity index is 1.68. The van der Waals surface area contributed by atoms with Gasteiger partial charge in [0.25, 0.3) is 11.8 Å². The molecule has 0 bridgehead atoms. The van der Waals surface area contributed by atoms with Gasteiger partial charge in [-0.3, -0.25) is 14.5 Å². The van der Waals surface area contributed by atoms with Crippen molar-refractivity contribution in [2.24, 2.45) is 5.92 Å². The third-order valence-electron chi connectivity index (χ3n) is 6.09. The van der Waals surface area contributed by atoms with Crippen molar-refractivity contribution in [2.75, 3.05) is 51.8 Å². The van der Waals surface area contributed by atoms with E-state index in [-0.39, 0.29) is 17.7 Å². The molecular weight excluding hydrogens is 418 g/mol. The summed E-state index contributed by atoms with van der Waals surface area (Å²) in [5.74, 6) is 1.12. The van der Waals surface area contributed by atoms with E-state index in [1.54, 1.807) is 14.2 Å². The number of piperazine rings is 1. The monoisotopic (exact) mass is 449 g/mol. The predicted molar refractivity (Wildman–Crippen MR) is 128 cm³/mol. The molecule has 0 atom stereocenters. The Morgan fingerprint density at radius 2 is 1.36 bits per heavy atom. The van der Waals surface area contributed by atoms with Gasteiger partial charge in [-0.2, -0.15) is 0 Å². The fraction of sp³-hybridized carbons (Fsp3) is 0.385. The van der Waals surface area contributed by atoms with Gasteiger partial charge in [-0.1, -0.05) is 44.2 Å². The standard InChI is InChI=1S/C26H31N3O4/c1-18(2)17-29-25(30)23(19-9-5-7-11-21(19)32-3)24(26(29)31)28-15-13-27(14-16-28)20-10-6-8-12-22(20)33-4/h5-12,18H,13-17H2,1-4H3. The lowest BCUT2D eigenvalue weighted by atomic mass is 10.0. The zero-order valence-corrected chi connectivity index (χ0v) is 19.7. The number of ether oxygens (including phenoxy) is 2. The van der Waals surface area contributed by atoms with Gasteiger partial charge < -0.3 is 19.3 Å². The first-order valence-electron chi connectivity index (χ1n) is 11.3. The average molecular weight is 450 g/mol. The van der Waals surface area contributed by atoms with Crippen LogP contribution in [0.5, 0.6) is 11.5 Å². The van der Waals surface area contributed by atoms with Crippen LogP contribution in [0.15, 0.2) is 54.2 Å². The second kappa shape index (κ2) is 9.57. The maximum absolute atomic E-state index is 13.5. The van der Waals surface area contributed by atoms with Crippen LogP contribution < -0.4 is 14.4 Å². The number of methoxy groups -OCH3 is 2. The Hall–Kier alpha value is -3.48. The minimum atomic E-state index is -0.250. The van der Waals surface area contributed by atoms with Gasteiger partial charge in [0.15, 0.2) is 0 Å². The van der Waals surface area contributed by atoms with Crippen LogP contribution in [-0.2, 0) is 9.59 Å². The van der Waals surface area contributed by atoms with Crippen molar-refractivity contribution in [3.8, 4) is 11.5 Å². The third-order valence-corrected chi connectivity index (χ3v) is 6.09. The number of carbonyl (C=O) groups excluding carboxylic acids is 2. The molecule has 0 radical (unpaired) electrons. The summed E-state index contributed by atoms with van der Waals surface area (Å²) in [7, 11) is 3.25. The quantitative estimate of drug-likeness (QED) is 0.605. The fourth-order valence-electron chi connectivity index (χ4n) is 4.54. The summed E-state index contributed by atoms with van der Waals surface area (Å²) in [6.07, 6.45) is 0.